The van der Waals surface area contributed by atoms with Gasteiger partial charge in [-0.15, -0.1) is 0 Å². The van der Waals surface area contributed by atoms with Crippen LogP contribution in [0.4, 0.5) is 5.69 Å². The van der Waals surface area contributed by atoms with Crippen LogP contribution in [-0.2, 0) is 6.54 Å². The van der Waals surface area contributed by atoms with Crippen molar-refractivity contribution in [2.45, 2.75) is 46.1 Å². The van der Waals surface area contributed by atoms with Gasteiger partial charge in [-0.25, -0.2) is 0 Å². The van der Waals surface area contributed by atoms with Crippen LogP contribution in [0.5, 0.6) is 0 Å². The summed E-state index contributed by atoms with van der Waals surface area (Å²) < 4.78 is 2.28. The first-order valence-electron chi connectivity index (χ1n) is 5.73. The van der Waals surface area contributed by atoms with Crippen LogP contribution in [0.3, 0.4) is 0 Å². The van der Waals surface area contributed by atoms with Crippen LogP contribution in [0.2, 0.25) is 0 Å². The van der Waals surface area contributed by atoms with Crippen molar-refractivity contribution in [3.8, 4) is 0 Å². The van der Waals surface area contributed by atoms with Crippen LogP contribution in [0, 0.1) is 6.92 Å². The van der Waals surface area contributed by atoms with Gasteiger partial charge in [0.25, 0.3) is 5.56 Å². The Labute approximate surface area is 105 Å². The molecule has 1 aromatic rings. The number of hydrogen-bond donors (Lipinski definition) is 1. The number of nitrogens with two attached hydrogens (primary N) is 1. The van der Waals surface area contributed by atoms with Crippen molar-refractivity contribution >= 4 is 21.6 Å². The summed E-state index contributed by atoms with van der Waals surface area (Å²) in [6.45, 7) is 4.77. The maximum absolute atomic E-state index is 11.9. The Hall–Kier alpha value is -0.770. The van der Waals surface area contributed by atoms with E-state index in [1.165, 1.54) is 12.8 Å². The third-order valence-electron chi connectivity index (χ3n) is 2.76. The molecule has 0 aliphatic heterocycles. The molecule has 1 rings (SSSR count). The highest BCUT2D eigenvalue weighted by Crippen LogP contribution is 2.17. The largest absolute Gasteiger partial charge is 0.397 e. The van der Waals surface area contributed by atoms with Crippen molar-refractivity contribution in [2.75, 3.05) is 5.73 Å². The minimum atomic E-state index is 0.0169. The number of aromatic nitrogens is 1. The van der Waals surface area contributed by atoms with Gasteiger partial charge in [0, 0.05) is 12.7 Å². The highest BCUT2D eigenvalue weighted by atomic mass is 79.9. The molecule has 0 amide bonds. The van der Waals surface area contributed by atoms with Crippen LogP contribution in [-0.4, -0.2) is 4.57 Å². The summed E-state index contributed by atoms with van der Waals surface area (Å²) in [6, 6.07) is 0. The second kappa shape index (κ2) is 6.09. The van der Waals surface area contributed by atoms with E-state index in [9.17, 15) is 4.79 Å². The fourth-order valence-electron chi connectivity index (χ4n) is 1.61. The van der Waals surface area contributed by atoms with Crippen molar-refractivity contribution in [1.82, 2.24) is 4.57 Å². The highest BCUT2D eigenvalue weighted by Gasteiger charge is 2.07. The predicted molar refractivity (Wildman–Crippen MR) is 71.7 cm³/mol. The number of halogens is 1. The van der Waals surface area contributed by atoms with Gasteiger partial charge in [-0.3, -0.25) is 4.79 Å². The molecule has 0 spiro atoms. The van der Waals surface area contributed by atoms with Gasteiger partial charge in [-0.05, 0) is 34.8 Å². The summed E-state index contributed by atoms with van der Waals surface area (Å²) in [5.41, 5.74) is 7.34. The Morgan fingerprint density at radius 2 is 2.06 bits per heavy atom. The third-order valence-corrected chi connectivity index (χ3v) is 3.69. The molecule has 0 aliphatic carbocycles. The Kier molecular flexibility index (Phi) is 5.06. The first-order valence-corrected chi connectivity index (χ1v) is 6.52. The normalized spacial score (nSPS) is 10.7. The van der Waals surface area contributed by atoms with Crippen LogP contribution >= 0.6 is 15.9 Å². The number of hydrogen-bond acceptors (Lipinski definition) is 2. The molecule has 3 nitrogen and oxygen atoms in total. The molecule has 90 valence electrons. The zero-order valence-electron chi connectivity index (χ0n) is 9.92. The van der Waals surface area contributed by atoms with Gasteiger partial charge in [0.2, 0.25) is 0 Å². The van der Waals surface area contributed by atoms with Crippen LogP contribution in [0.25, 0.3) is 0 Å². The second-order valence-corrected chi connectivity index (χ2v) is 4.88. The molecule has 0 aromatic carbocycles. The average molecular weight is 287 g/mol. The topological polar surface area (TPSA) is 48.0 Å². The molecular weight excluding hydrogens is 268 g/mol. The van der Waals surface area contributed by atoms with Crippen molar-refractivity contribution in [2.24, 2.45) is 0 Å². The summed E-state index contributed by atoms with van der Waals surface area (Å²) in [5, 5.41) is 0. The zero-order chi connectivity index (χ0) is 12.1. The Bertz CT molecular complexity index is 412. The molecular formula is C12H19BrN2O. The van der Waals surface area contributed by atoms with E-state index in [0.717, 1.165) is 24.9 Å². The molecule has 1 aromatic heterocycles. The van der Waals surface area contributed by atoms with Crippen LogP contribution < -0.4 is 11.3 Å². The van der Waals surface area contributed by atoms with Gasteiger partial charge in [-0.1, -0.05) is 26.2 Å². The molecule has 0 radical (unpaired) electrons. The Morgan fingerprint density at radius 3 is 2.69 bits per heavy atom. The second-order valence-electron chi connectivity index (χ2n) is 4.08. The van der Waals surface area contributed by atoms with E-state index in [1.54, 1.807) is 10.8 Å². The molecule has 0 bridgehead atoms. The maximum atomic E-state index is 11.9. The van der Waals surface area contributed by atoms with E-state index in [1.807, 2.05) is 6.92 Å². The third kappa shape index (κ3) is 3.11. The molecule has 2 N–H and O–H groups in total. The maximum Gasteiger partial charge on any atom is 0.265 e. The first-order chi connectivity index (χ1) is 7.57. The van der Waals surface area contributed by atoms with Gasteiger partial charge in [-0.2, -0.15) is 0 Å². The molecule has 1 heterocycles. The summed E-state index contributed by atoms with van der Waals surface area (Å²) in [4.78, 5) is 11.9. The lowest BCUT2D eigenvalue weighted by Gasteiger charge is -2.10. The number of nitrogens with zero attached hydrogens (tertiary/aromatic N) is 1. The van der Waals surface area contributed by atoms with E-state index in [0.29, 0.717) is 10.2 Å². The lowest BCUT2D eigenvalue weighted by Crippen LogP contribution is -2.22. The standard InChI is InChI=1S/C12H19BrN2O/c1-3-4-5-6-7-15-8-10(14)9(2)11(13)12(15)16/h8H,3-7,14H2,1-2H3. The molecule has 0 saturated carbocycles. The molecule has 0 unspecified atom stereocenters. The van der Waals surface area contributed by atoms with Gasteiger partial charge < -0.3 is 10.3 Å². The van der Waals surface area contributed by atoms with Crippen molar-refractivity contribution in [3.05, 3.63) is 26.6 Å². The predicted octanol–water partition coefficient (Wildman–Crippen LogP) is 3.08. The van der Waals surface area contributed by atoms with Gasteiger partial charge in [0.1, 0.15) is 0 Å². The molecule has 0 aliphatic rings. The van der Waals surface area contributed by atoms with E-state index in [2.05, 4.69) is 22.9 Å². The summed E-state index contributed by atoms with van der Waals surface area (Å²) in [6.07, 6.45) is 6.36. The van der Waals surface area contributed by atoms with E-state index in [4.69, 9.17) is 5.73 Å². The summed E-state index contributed by atoms with van der Waals surface area (Å²) in [5.74, 6) is 0. The van der Waals surface area contributed by atoms with E-state index >= 15 is 0 Å². The van der Waals surface area contributed by atoms with Crippen LogP contribution in [0.15, 0.2) is 15.5 Å². The number of unbranched alkanes of at least 4 members (excludes halogenated alkanes) is 3. The minimum Gasteiger partial charge on any atom is -0.397 e. The fraction of sp³-hybridized carbons (Fsp3) is 0.583. The summed E-state index contributed by atoms with van der Waals surface area (Å²) >= 11 is 3.29. The summed E-state index contributed by atoms with van der Waals surface area (Å²) in [7, 11) is 0. The lowest BCUT2D eigenvalue weighted by molar-refractivity contribution is 0.569. The SMILES string of the molecule is CCCCCCn1cc(N)c(C)c(Br)c1=O. The smallest absolute Gasteiger partial charge is 0.265 e. The highest BCUT2D eigenvalue weighted by molar-refractivity contribution is 9.10. The first kappa shape index (κ1) is 13.3. The molecule has 0 saturated heterocycles. The molecule has 0 fully saturated rings. The zero-order valence-corrected chi connectivity index (χ0v) is 11.5. The lowest BCUT2D eigenvalue weighted by atomic mass is 10.2. The van der Waals surface area contributed by atoms with Crippen molar-refractivity contribution < 1.29 is 0 Å². The van der Waals surface area contributed by atoms with E-state index in [-0.39, 0.29) is 5.56 Å². The van der Waals surface area contributed by atoms with Crippen LogP contribution in [0.1, 0.15) is 38.2 Å². The van der Waals surface area contributed by atoms with Crippen molar-refractivity contribution in [3.63, 3.8) is 0 Å². The molecule has 0 atom stereocenters. The molecule has 4 heteroatoms. The monoisotopic (exact) mass is 286 g/mol. The number of nitrogen functional groups attached to an aromatic ring is 1. The Balaban J connectivity index is 2.78. The number of pyridine rings is 1. The molecule has 16 heavy (non-hydrogen) atoms. The van der Waals surface area contributed by atoms with Gasteiger partial charge >= 0.3 is 0 Å². The number of rotatable bonds is 5. The number of aryl methyl sites for hydroxylation is 1. The number of anilines is 1. The fourth-order valence-corrected chi connectivity index (χ4v) is 2.07. The van der Waals surface area contributed by atoms with Crippen molar-refractivity contribution in [1.29, 1.82) is 0 Å². The van der Waals surface area contributed by atoms with E-state index < -0.39 is 0 Å². The average Bonchev–Trinajstić information content (AvgIpc) is 2.28. The minimum absolute atomic E-state index is 0.0169. The van der Waals surface area contributed by atoms with Gasteiger partial charge in [0.15, 0.2) is 0 Å². The Morgan fingerprint density at radius 1 is 1.38 bits per heavy atom. The van der Waals surface area contributed by atoms with Gasteiger partial charge in [0.05, 0.1) is 10.2 Å². The quantitative estimate of drug-likeness (QED) is 0.846.